The van der Waals surface area contributed by atoms with E-state index in [0.717, 1.165) is 39.3 Å². The van der Waals surface area contributed by atoms with Crippen LogP contribution in [0.25, 0.3) is 22.3 Å². The molecule has 0 fully saturated rings. The van der Waals surface area contributed by atoms with Gasteiger partial charge in [0.2, 0.25) is 0 Å². The van der Waals surface area contributed by atoms with Crippen molar-refractivity contribution in [2.45, 2.75) is 0 Å². The number of benzene rings is 5. The van der Waals surface area contributed by atoms with Crippen molar-refractivity contribution < 1.29 is 9.90 Å². The summed E-state index contributed by atoms with van der Waals surface area (Å²) in [5.74, 6) is -0.920. The molecule has 164 valence electrons. The average Bonchev–Trinajstić information content (AvgIpc) is 2.91. The van der Waals surface area contributed by atoms with Gasteiger partial charge >= 0.3 is 5.97 Å². The number of hydrogen-bond acceptors (Lipinski definition) is 2. The SMILES string of the molecule is O=C(O)c1ccc(-c2ccccc2-c2ccc(N(c3ccccc3)c3ccccc3)cc2)cc1. The van der Waals surface area contributed by atoms with Gasteiger partial charge in [0.05, 0.1) is 5.56 Å². The van der Waals surface area contributed by atoms with Crippen molar-refractivity contribution in [3.8, 4) is 22.3 Å². The molecule has 0 aliphatic rings. The van der Waals surface area contributed by atoms with Gasteiger partial charge in [0, 0.05) is 17.1 Å². The van der Waals surface area contributed by atoms with Gasteiger partial charge in [-0.2, -0.15) is 0 Å². The summed E-state index contributed by atoms with van der Waals surface area (Å²) in [6.45, 7) is 0. The van der Waals surface area contributed by atoms with E-state index in [-0.39, 0.29) is 5.56 Å². The van der Waals surface area contributed by atoms with E-state index in [2.05, 4.69) is 65.6 Å². The summed E-state index contributed by atoms with van der Waals surface area (Å²) in [6, 6.07) is 44.4. The summed E-state index contributed by atoms with van der Waals surface area (Å²) in [6.07, 6.45) is 0. The molecule has 3 heteroatoms. The third-order valence-corrected chi connectivity index (χ3v) is 5.84. The van der Waals surface area contributed by atoms with Crippen LogP contribution in [0.15, 0.2) is 133 Å². The van der Waals surface area contributed by atoms with Gasteiger partial charge < -0.3 is 10.0 Å². The molecule has 0 atom stereocenters. The minimum atomic E-state index is -0.920. The molecule has 0 aliphatic heterocycles. The second-order valence-electron chi connectivity index (χ2n) is 7.98. The van der Waals surface area contributed by atoms with E-state index in [0.29, 0.717) is 0 Å². The van der Waals surface area contributed by atoms with Crippen LogP contribution in [0.3, 0.4) is 0 Å². The molecule has 0 amide bonds. The van der Waals surface area contributed by atoms with Crippen LogP contribution < -0.4 is 4.90 Å². The lowest BCUT2D eigenvalue weighted by Gasteiger charge is -2.25. The predicted molar refractivity (Wildman–Crippen MR) is 139 cm³/mol. The third-order valence-electron chi connectivity index (χ3n) is 5.84. The monoisotopic (exact) mass is 441 g/mol. The molecule has 3 nitrogen and oxygen atoms in total. The summed E-state index contributed by atoms with van der Waals surface area (Å²) < 4.78 is 0. The summed E-state index contributed by atoms with van der Waals surface area (Å²) in [5, 5.41) is 9.21. The maximum Gasteiger partial charge on any atom is 0.335 e. The number of carboxylic acid groups (broad SMARTS) is 1. The number of carbonyl (C=O) groups is 1. The number of hydrogen-bond donors (Lipinski definition) is 1. The van der Waals surface area contributed by atoms with Crippen LogP contribution in [-0.4, -0.2) is 11.1 Å². The van der Waals surface area contributed by atoms with Gasteiger partial charge in [0.15, 0.2) is 0 Å². The van der Waals surface area contributed by atoms with E-state index in [1.54, 1.807) is 12.1 Å². The van der Waals surface area contributed by atoms with Crippen molar-refractivity contribution >= 4 is 23.0 Å². The highest BCUT2D eigenvalue weighted by atomic mass is 16.4. The van der Waals surface area contributed by atoms with Crippen molar-refractivity contribution in [1.82, 2.24) is 0 Å². The van der Waals surface area contributed by atoms with Crippen LogP contribution in [0.5, 0.6) is 0 Å². The highest BCUT2D eigenvalue weighted by Crippen LogP contribution is 2.37. The molecule has 5 rings (SSSR count). The number of para-hydroxylation sites is 2. The normalized spacial score (nSPS) is 10.6. The van der Waals surface area contributed by atoms with E-state index in [9.17, 15) is 9.90 Å². The highest BCUT2D eigenvalue weighted by molar-refractivity contribution is 5.90. The molecule has 0 radical (unpaired) electrons. The molecule has 0 saturated carbocycles. The Morgan fingerprint density at radius 1 is 0.471 bits per heavy atom. The first kappa shape index (κ1) is 21.2. The van der Waals surface area contributed by atoms with Crippen molar-refractivity contribution in [2.75, 3.05) is 4.90 Å². The Kier molecular flexibility index (Phi) is 5.91. The zero-order valence-electron chi connectivity index (χ0n) is 18.5. The van der Waals surface area contributed by atoms with Crippen molar-refractivity contribution in [1.29, 1.82) is 0 Å². The van der Waals surface area contributed by atoms with Gasteiger partial charge in [0.25, 0.3) is 0 Å². The average molecular weight is 442 g/mol. The van der Waals surface area contributed by atoms with Crippen LogP contribution in [0, 0.1) is 0 Å². The molecule has 0 heterocycles. The van der Waals surface area contributed by atoms with Crippen molar-refractivity contribution in [3.05, 3.63) is 139 Å². The summed E-state index contributed by atoms with van der Waals surface area (Å²) in [5.41, 5.74) is 7.80. The molecule has 5 aromatic rings. The Hall–Kier alpha value is -4.63. The quantitative estimate of drug-likeness (QED) is 0.289. The largest absolute Gasteiger partial charge is 0.478 e. The first-order chi connectivity index (χ1) is 16.7. The molecular weight excluding hydrogens is 418 g/mol. The van der Waals surface area contributed by atoms with Gasteiger partial charge in [0.1, 0.15) is 0 Å². The minimum absolute atomic E-state index is 0.285. The zero-order valence-corrected chi connectivity index (χ0v) is 18.5. The smallest absolute Gasteiger partial charge is 0.335 e. The van der Waals surface area contributed by atoms with E-state index in [1.165, 1.54) is 0 Å². The van der Waals surface area contributed by atoms with Gasteiger partial charge in [-0.15, -0.1) is 0 Å². The summed E-state index contributed by atoms with van der Waals surface area (Å²) in [7, 11) is 0. The van der Waals surface area contributed by atoms with Crippen LogP contribution in [0.2, 0.25) is 0 Å². The zero-order chi connectivity index (χ0) is 23.3. The molecule has 5 aromatic carbocycles. The van der Waals surface area contributed by atoms with E-state index in [1.807, 2.05) is 60.7 Å². The molecular formula is C31H23NO2. The van der Waals surface area contributed by atoms with Crippen LogP contribution in [-0.2, 0) is 0 Å². The fourth-order valence-electron chi connectivity index (χ4n) is 4.17. The maximum absolute atomic E-state index is 11.2. The van der Waals surface area contributed by atoms with Crippen LogP contribution in [0.1, 0.15) is 10.4 Å². The second kappa shape index (κ2) is 9.47. The van der Waals surface area contributed by atoms with Crippen molar-refractivity contribution in [2.24, 2.45) is 0 Å². The molecule has 0 saturated heterocycles. The van der Waals surface area contributed by atoms with E-state index >= 15 is 0 Å². The van der Waals surface area contributed by atoms with Gasteiger partial charge in [-0.05, 0) is 70.8 Å². The summed E-state index contributed by atoms with van der Waals surface area (Å²) >= 11 is 0. The fourth-order valence-corrected chi connectivity index (χ4v) is 4.17. The number of anilines is 3. The Labute approximate surface area is 199 Å². The molecule has 0 bridgehead atoms. The first-order valence-electron chi connectivity index (χ1n) is 11.1. The lowest BCUT2D eigenvalue weighted by atomic mass is 9.94. The van der Waals surface area contributed by atoms with E-state index < -0.39 is 5.97 Å². The van der Waals surface area contributed by atoms with E-state index in [4.69, 9.17) is 0 Å². The number of rotatable bonds is 6. The van der Waals surface area contributed by atoms with Gasteiger partial charge in [-0.3, -0.25) is 0 Å². The van der Waals surface area contributed by atoms with Gasteiger partial charge in [-0.25, -0.2) is 4.79 Å². The molecule has 1 N–H and O–H groups in total. The lowest BCUT2D eigenvalue weighted by molar-refractivity contribution is 0.0697. The lowest BCUT2D eigenvalue weighted by Crippen LogP contribution is -2.09. The Balaban J connectivity index is 1.53. The number of aromatic carboxylic acids is 1. The standard InChI is InChI=1S/C31H23NO2/c33-31(34)25-17-15-23(16-18-25)29-13-7-8-14-30(29)24-19-21-28(22-20-24)32(26-9-3-1-4-10-26)27-11-5-2-6-12-27/h1-22H,(H,33,34). The topological polar surface area (TPSA) is 40.5 Å². The third kappa shape index (κ3) is 4.32. The molecule has 0 aliphatic carbocycles. The maximum atomic E-state index is 11.2. The fraction of sp³-hybridized carbons (Fsp3) is 0. The second-order valence-corrected chi connectivity index (χ2v) is 7.98. The van der Waals surface area contributed by atoms with Gasteiger partial charge in [-0.1, -0.05) is 84.9 Å². The number of carboxylic acids is 1. The van der Waals surface area contributed by atoms with Crippen LogP contribution >= 0.6 is 0 Å². The molecule has 0 spiro atoms. The number of nitrogens with zero attached hydrogens (tertiary/aromatic N) is 1. The van der Waals surface area contributed by atoms with Crippen LogP contribution in [0.4, 0.5) is 17.1 Å². The molecule has 0 aromatic heterocycles. The summed E-state index contributed by atoms with van der Waals surface area (Å²) in [4.78, 5) is 13.5. The molecule has 0 unspecified atom stereocenters. The highest BCUT2D eigenvalue weighted by Gasteiger charge is 2.13. The first-order valence-corrected chi connectivity index (χ1v) is 11.1. The minimum Gasteiger partial charge on any atom is -0.478 e. The predicted octanol–water partition coefficient (Wildman–Crippen LogP) is 8.19. The van der Waals surface area contributed by atoms with Crippen molar-refractivity contribution in [3.63, 3.8) is 0 Å². The molecule has 34 heavy (non-hydrogen) atoms. The Bertz CT molecular complexity index is 1350. The Morgan fingerprint density at radius 3 is 1.29 bits per heavy atom. The Morgan fingerprint density at radius 2 is 0.853 bits per heavy atom.